The predicted octanol–water partition coefficient (Wildman–Crippen LogP) is 4.64. The minimum absolute atomic E-state index is 0.342. The van der Waals surface area contributed by atoms with Gasteiger partial charge in [-0.15, -0.1) is 0 Å². The minimum Gasteiger partial charge on any atom is -0.332 e. The third-order valence-corrected chi connectivity index (χ3v) is 4.65. The molecular formula is C15H18Cl4N2O. The number of halogens is 4. The van der Waals surface area contributed by atoms with Crippen LogP contribution >= 0.6 is 46.4 Å². The van der Waals surface area contributed by atoms with Gasteiger partial charge in [-0.2, -0.15) is 0 Å². The molecule has 122 valence electrons. The molecule has 1 heterocycles. The molecule has 0 radical (unpaired) electrons. The van der Waals surface area contributed by atoms with Crippen molar-refractivity contribution in [3.05, 3.63) is 34.9 Å². The van der Waals surface area contributed by atoms with Crippen LogP contribution in [0.25, 0.3) is 0 Å². The van der Waals surface area contributed by atoms with Gasteiger partial charge < -0.3 is 5.32 Å². The van der Waals surface area contributed by atoms with E-state index < -0.39 is 9.96 Å². The minimum atomic E-state index is -1.61. The first-order valence-corrected chi connectivity index (χ1v) is 8.77. The molecule has 0 unspecified atom stereocenters. The molecule has 1 aromatic rings. The fraction of sp³-hybridized carbons (Fsp3) is 0.533. The zero-order chi connectivity index (χ0) is 16.2. The average Bonchev–Trinajstić information content (AvgIpc) is 2.72. The second-order valence-corrected chi connectivity index (χ2v) is 8.12. The standard InChI is InChI=1S/C15H18Cl4N2O/c16-12-8-4-3-7-11(12)13(22)20-14(15(17,18)19)21-9-5-1-2-6-10-21/h3-4,7-8,14H,1-2,5-6,9-10H2,(H,20,22)/t14-/m0/s1. The molecule has 22 heavy (non-hydrogen) atoms. The van der Waals surface area contributed by atoms with E-state index in [0.717, 1.165) is 38.8 Å². The number of carbonyl (C=O) groups is 1. The van der Waals surface area contributed by atoms with Crippen LogP contribution in [-0.2, 0) is 0 Å². The van der Waals surface area contributed by atoms with Crippen LogP contribution in [0.1, 0.15) is 36.0 Å². The number of carbonyl (C=O) groups excluding carboxylic acids is 1. The van der Waals surface area contributed by atoms with Crippen LogP contribution in [0.5, 0.6) is 0 Å². The fourth-order valence-corrected chi connectivity index (χ4v) is 3.38. The highest BCUT2D eigenvalue weighted by molar-refractivity contribution is 6.68. The molecule has 2 rings (SSSR count). The second kappa shape index (κ2) is 8.07. The van der Waals surface area contributed by atoms with Gasteiger partial charge in [-0.05, 0) is 25.0 Å². The molecule has 1 fully saturated rings. The maximum atomic E-state index is 12.5. The van der Waals surface area contributed by atoms with E-state index in [-0.39, 0.29) is 5.91 Å². The van der Waals surface area contributed by atoms with E-state index in [1.165, 1.54) is 0 Å². The summed E-state index contributed by atoms with van der Waals surface area (Å²) in [6.45, 7) is 1.59. The molecule has 1 aromatic carbocycles. The topological polar surface area (TPSA) is 32.3 Å². The summed E-state index contributed by atoms with van der Waals surface area (Å²) in [5.41, 5.74) is 0.373. The first-order chi connectivity index (χ1) is 10.4. The number of likely N-dealkylation sites (tertiary alicyclic amines) is 1. The predicted molar refractivity (Wildman–Crippen MR) is 93.0 cm³/mol. The van der Waals surface area contributed by atoms with Crippen LogP contribution < -0.4 is 5.32 Å². The number of nitrogens with zero attached hydrogens (tertiary/aromatic N) is 1. The Morgan fingerprint density at radius 3 is 2.23 bits per heavy atom. The zero-order valence-corrected chi connectivity index (χ0v) is 15.0. The second-order valence-electron chi connectivity index (χ2n) is 5.35. The van der Waals surface area contributed by atoms with Crippen molar-refractivity contribution in [3.8, 4) is 0 Å². The van der Waals surface area contributed by atoms with E-state index in [1.54, 1.807) is 24.3 Å². The van der Waals surface area contributed by atoms with Gasteiger partial charge in [0.25, 0.3) is 5.91 Å². The highest BCUT2D eigenvalue weighted by Gasteiger charge is 2.38. The number of amides is 1. The molecular weight excluding hydrogens is 366 g/mol. The van der Waals surface area contributed by atoms with E-state index in [9.17, 15) is 4.79 Å². The SMILES string of the molecule is O=C(N[C@@H](N1CCCCCC1)C(Cl)(Cl)Cl)c1ccccc1Cl. The molecule has 1 atom stereocenters. The van der Waals surface area contributed by atoms with Crippen molar-refractivity contribution in [3.63, 3.8) is 0 Å². The van der Waals surface area contributed by atoms with Gasteiger partial charge in [0, 0.05) is 13.1 Å². The van der Waals surface area contributed by atoms with Gasteiger partial charge in [0.2, 0.25) is 3.79 Å². The van der Waals surface area contributed by atoms with Crippen LogP contribution in [-0.4, -0.2) is 33.9 Å². The summed E-state index contributed by atoms with van der Waals surface area (Å²) >= 11 is 24.4. The van der Waals surface area contributed by atoms with Gasteiger partial charge in [-0.1, -0.05) is 71.4 Å². The summed E-state index contributed by atoms with van der Waals surface area (Å²) in [6.07, 6.45) is 3.68. The monoisotopic (exact) mass is 382 g/mol. The first-order valence-electron chi connectivity index (χ1n) is 7.26. The maximum Gasteiger partial charge on any atom is 0.254 e. The van der Waals surface area contributed by atoms with Crippen LogP contribution in [0.3, 0.4) is 0 Å². The lowest BCUT2D eigenvalue weighted by Crippen LogP contribution is -2.55. The molecule has 3 nitrogen and oxygen atoms in total. The molecule has 0 saturated carbocycles. The third kappa shape index (κ3) is 4.90. The lowest BCUT2D eigenvalue weighted by molar-refractivity contribution is 0.0853. The molecule has 1 N–H and O–H groups in total. The molecule has 7 heteroatoms. The van der Waals surface area contributed by atoms with Crippen LogP contribution in [0, 0.1) is 0 Å². The number of alkyl halides is 3. The molecule has 1 aliphatic heterocycles. The Morgan fingerprint density at radius 2 is 1.68 bits per heavy atom. The lowest BCUT2D eigenvalue weighted by atomic mass is 10.2. The van der Waals surface area contributed by atoms with Crippen molar-refractivity contribution in [2.24, 2.45) is 0 Å². The van der Waals surface area contributed by atoms with Gasteiger partial charge in [0.1, 0.15) is 6.17 Å². The average molecular weight is 384 g/mol. The summed E-state index contributed by atoms with van der Waals surface area (Å²) in [5.74, 6) is -0.342. The Morgan fingerprint density at radius 1 is 1.09 bits per heavy atom. The Kier molecular flexibility index (Phi) is 6.66. The molecule has 1 saturated heterocycles. The number of hydrogen-bond donors (Lipinski definition) is 1. The van der Waals surface area contributed by atoms with Gasteiger partial charge in [-0.3, -0.25) is 9.69 Å². The summed E-state index contributed by atoms with van der Waals surface area (Å²) in [7, 11) is 0. The van der Waals surface area contributed by atoms with E-state index in [2.05, 4.69) is 5.32 Å². The normalized spacial score (nSPS) is 18.5. The van der Waals surface area contributed by atoms with E-state index in [0.29, 0.717) is 10.6 Å². The number of benzene rings is 1. The van der Waals surface area contributed by atoms with Crippen molar-refractivity contribution in [2.45, 2.75) is 35.6 Å². The number of hydrogen-bond acceptors (Lipinski definition) is 2. The van der Waals surface area contributed by atoms with Gasteiger partial charge in [-0.25, -0.2) is 0 Å². The largest absolute Gasteiger partial charge is 0.332 e. The smallest absolute Gasteiger partial charge is 0.254 e. The van der Waals surface area contributed by atoms with E-state index in [4.69, 9.17) is 46.4 Å². The summed E-state index contributed by atoms with van der Waals surface area (Å²) in [6, 6.07) is 6.82. The van der Waals surface area contributed by atoms with Crippen LogP contribution in [0.2, 0.25) is 5.02 Å². The molecule has 0 aliphatic carbocycles. The zero-order valence-electron chi connectivity index (χ0n) is 12.0. The molecule has 1 amide bonds. The van der Waals surface area contributed by atoms with Crippen molar-refractivity contribution in [1.29, 1.82) is 0 Å². The lowest BCUT2D eigenvalue weighted by Gasteiger charge is -2.35. The first kappa shape index (κ1) is 18.2. The van der Waals surface area contributed by atoms with Crippen molar-refractivity contribution in [2.75, 3.05) is 13.1 Å². The Bertz CT molecular complexity index is 511. The van der Waals surface area contributed by atoms with Crippen molar-refractivity contribution >= 4 is 52.3 Å². The Labute approximate surface area is 150 Å². The molecule has 1 aliphatic rings. The molecule has 0 spiro atoms. The van der Waals surface area contributed by atoms with E-state index >= 15 is 0 Å². The highest BCUT2D eigenvalue weighted by Crippen LogP contribution is 2.33. The van der Waals surface area contributed by atoms with Gasteiger partial charge >= 0.3 is 0 Å². The van der Waals surface area contributed by atoms with E-state index in [1.807, 2.05) is 4.90 Å². The summed E-state index contributed by atoms with van der Waals surface area (Å²) in [5, 5.41) is 3.19. The Hall–Kier alpha value is -0.190. The summed E-state index contributed by atoms with van der Waals surface area (Å²) in [4.78, 5) is 14.5. The Balaban J connectivity index is 2.16. The quantitative estimate of drug-likeness (QED) is 0.771. The number of rotatable bonds is 3. The molecule has 0 bridgehead atoms. The molecule has 0 aromatic heterocycles. The van der Waals surface area contributed by atoms with Crippen molar-refractivity contribution in [1.82, 2.24) is 10.2 Å². The van der Waals surface area contributed by atoms with Crippen LogP contribution in [0.15, 0.2) is 24.3 Å². The van der Waals surface area contributed by atoms with Crippen molar-refractivity contribution < 1.29 is 4.79 Å². The fourth-order valence-electron chi connectivity index (χ4n) is 2.58. The summed E-state index contributed by atoms with van der Waals surface area (Å²) < 4.78 is -1.61. The van der Waals surface area contributed by atoms with Gasteiger partial charge in [0.05, 0.1) is 10.6 Å². The highest BCUT2D eigenvalue weighted by atomic mass is 35.6. The maximum absolute atomic E-state index is 12.5. The number of nitrogens with one attached hydrogen (secondary N) is 1. The van der Waals surface area contributed by atoms with Crippen LogP contribution in [0.4, 0.5) is 0 Å². The van der Waals surface area contributed by atoms with Gasteiger partial charge in [0.15, 0.2) is 0 Å². The third-order valence-electron chi connectivity index (χ3n) is 3.70.